The molecule has 0 amide bonds. The van der Waals surface area contributed by atoms with Crippen molar-refractivity contribution in [2.24, 2.45) is 0 Å². The zero-order valence-corrected chi connectivity index (χ0v) is 17.0. The van der Waals surface area contributed by atoms with Gasteiger partial charge in [-0.3, -0.25) is 0 Å². The molecular formula is C25H32O4. The monoisotopic (exact) mass is 396 g/mol. The Bertz CT molecular complexity index is 701. The number of ether oxygens (including phenoxy) is 3. The average Bonchev–Trinajstić information content (AvgIpc) is 2.87. The van der Waals surface area contributed by atoms with E-state index in [0.29, 0.717) is 26.2 Å². The molecule has 0 spiro atoms. The molecule has 29 heavy (non-hydrogen) atoms. The van der Waals surface area contributed by atoms with E-state index in [2.05, 4.69) is 24.3 Å². The fourth-order valence-corrected chi connectivity index (χ4v) is 3.41. The highest BCUT2D eigenvalue weighted by Crippen LogP contribution is 2.18. The minimum absolute atomic E-state index is 0.0209. The van der Waals surface area contributed by atoms with Gasteiger partial charge in [0.05, 0.1) is 38.6 Å². The van der Waals surface area contributed by atoms with Crippen molar-refractivity contribution in [2.45, 2.75) is 57.2 Å². The Morgan fingerprint density at radius 2 is 1.55 bits per heavy atom. The van der Waals surface area contributed by atoms with E-state index in [-0.39, 0.29) is 18.8 Å². The molecule has 0 saturated heterocycles. The molecule has 1 N–H and O–H groups in total. The fraction of sp³-hybridized carbons (Fsp3) is 0.440. The van der Waals surface area contributed by atoms with E-state index in [1.807, 2.05) is 48.5 Å². The van der Waals surface area contributed by atoms with Crippen LogP contribution >= 0.6 is 0 Å². The van der Waals surface area contributed by atoms with Crippen LogP contribution in [-0.2, 0) is 27.4 Å². The lowest BCUT2D eigenvalue weighted by Crippen LogP contribution is -2.37. The molecule has 1 aliphatic heterocycles. The second-order valence-corrected chi connectivity index (χ2v) is 7.50. The molecule has 3 rings (SSSR count). The summed E-state index contributed by atoms with van der Waals surface area (Å²) in [6.45, 7) is 1.85. The minimum Gasteiger partial charge on any atom is -0.388 e. The molecule has 156 valence electrons. The molecule has 0 aliphatic carbocycles. The van der Waals surface area contributed by atoms with Gasteiger partial charge < -0.3 is 19.3 Å². The summed E-state index contributed by atoms with van der Waals surface area (Å²) in [5.74, 6) is 0. The fourth-order valence-electron chi connectivity index (χ4n) is 3.41. The van der Waals surface area contributed by atoms with Crippen LogP contribution in [0.25, 0.3) is 0 Å². The normalized spacial score (nSPS) is 22.2. The quantitative estimate of drug-likeness (QED) is 0.626. The van der Waals surface area contributed by atoms with Gasteiger partial charge in [0, 0.05) is 0 Å². The summed E-state index contributed by atoms with van der Waals surface area (Å²) in [5, 5.41) is 10.7. The van der Waals surface area contributed by atoms with E-state index in [9.17, 15) is 5.11 Å². The van der Waals surface area contributed by atoms with Gasteiger partial charge >= 0.3 is 0 Å². The van der Waals surface area contributed by atoms with Crippen molar-refractivity contribution in [3.8, 4) is 0 Å². The second-order valence-electron chi connectivity index (χ2n) is 7.50. The lowest BCUT2D eigenvalue weighted by Gasteiger charge is -2.27. The Morgan fingerprint density at radius 1 is 0.897 bits per heavy atom. The van der Waals surface area contributed by atoms with Gasteiger partial charge in [0.15, 0.2) is 0 Å². The number of allylic oxidation sites excluding steroid dienone is 1. The van der Waals surface area contributed by atoms with E-state index in [1.54, 1.807) is 0 Å². The topological polar surface area (TPSA) is 47.9 Å². The Kier molecular flexibility index (Phi) is 9.40. The van der Waals surface area contributed by atoms with Gasteiger partial charge in [0.2, 0.25) is 0 Å². The van der Waals surface area contributed by atoms with Crippen LogP contribution in [0.3, 0.4) is 0 Å². The summed E-state index contributed by atoms with van der Waals surface area (Å²) < 4.78 is 17.9. The molecule has 0 aromatic heterocycles. The first-order chi connectivity index (χ1) is 14.3. The maximum atomic E-state index is 10.7. The van der Waals surface area contributed by atoms with Crippen LogP contribution in [0.2, 0.25) is 0 Å². The van der Waals surface area contributed by atoms with E-state index in [4.69, 9.17) is 14.2 Å². The predicted molar refractivity (Wildman–Crippen MR) is 114 cm³/mol. The lowest BCUT2D eigenvalue weighted by atomic mass is 10.1. The molecule has 0 saturated carbocycles. The summed E-state index contributed by atoms with van der Waals surface area (Å²) in [5.41, 5.74) is 2.25. The molecule has 0 fully saturated rings. The molecule has 2 aromatic rings. The number of aliphatic hydroxyl groups excluding tert-OH is 1. The van der Waals surface area contributed by atoms with Gasteiger partial charge in [-0.15, -0.1) is 0 Å². The minimum atomic E-state index is -0.668. The van der Waals surface area contributed by atoms with Crippen LogP contribution < -0.4 is 0 Å². The first-order valence-electron chi connectivity index (χ1n) is 10.5. The van der Waals surface area contributed by atoms with E-state index < -0.39 is 6.10 Å². The van der Waals surface area contributed by atoms with Gasteiger partial charge in [-0.25, -0.2) is 0 Å². The van der Waals surface area contributed by atoms with Crippen LogP contribution in [0, 0.1) is 0 Å². The first kappa shape index (κ1) is 21.7. The van der Waals surface area contributed by atoms with Crippen LogP contribution in [-0.4, -0.2) is 36.6 Å². The molecular weight excluding hydrogens is 364 g/mol. The Balaban J connectivity index is 1.47. The molecule has 4 nitrogen and oxygen atoms in total. The zero-order valence-electron chi connectivity index (χ0n) is 17.0. The van der Waals surface area contributed by atoms with Gasteiger partial charge in [-0.2, -0.15) is 0 Å². The van der Waals surface area contributed by atoms with Gasteiger partial charge in [-0.05, 0) is 36.8 Å². The highest BCUT2D eigenvalue weighted by molar-refractivity contribution is 5.14. The number of benzene rings is 2. The van der Waals surface area contributed by atoms with E-state index >= 15 is 0 Å². The smallest absolute Gasteiger partial charge is 0.104 e. The van der Waals surface area contributed by atoms with Crippen molar-refractivity contribution in [3.05, 3.63) is 83.9 Å². The largest absolute Gasteiger partial charge is 0.388 e. The van der Waals surface area contributed by atoms with Crippen LogP contribution in [0.4, 0.5) is 0 Å². The first-order valence-corrected chi connectivity index (χ1v) is 10.5. The molecule has 0 bridgehead atoms. The number of hydrogen-bond acceptors (Lipinski definition) is 4. The molecule has 0 radical (unpaired) electrons. The standard InChI is InChI=1S/C25H32O4/c26-24(20-28-18-22-13-7-4-8-14-22)25-16-10-2-1-9-15-23(29-25)19-27-17-21-11-5-3-6-12-21/h2-8,10-14,23-26H,1,9,15-20H2/b10-2-/t23-,24-,25+/m1/s1. The Hall–Kier alpha value is -1.98. The number of hydrogen-bond donors (Lipinski definition) is 1. The Morgan fingerprint density at radius 3 is 2.24 bits per heavy atom. The van der Waals surface area contributed by atoms with Gasteiger partial charge in [-0.1, -0.05) is 72.8 Å². The summed E-state index contributed by atoms with van der Waals surface area (Å²) in [6.07, 6.45) is 7.02. The maximum Gasteiger partial charge on any atom is 0.104 e. The van der Waals surface area contributed by atoms with Crippen molar-refractivity contribution in [3.63, 3.8) is 0 Å². The lowest BCUT2D eigenvalue weighted by molar-refractivity contribution is -0.121. The molecule has 4 heteroatoms. The molecule has 1 heterocycles. The summed E-state index contributed by atoms with van der Waals surface area (Å²) >= 11 is 0. The summed E-state index contributed by atoms with van der Waals surface area (Å²) in [4.78, 5) is 0. The summed E-state index contributed by atoms with van der Waals surface area (Å²) in [6, 6.07) is 20.2. The molecule has 1 aliphatic rings. The van der Waals surface area contributed by atoms with Crippen molar-refractivity contribution in [1.82, 2.24) is 0 Å². The molecule has 3 atom stereocenters. The van der Waals surface area contributed by atoms with E-state index in [1.165, 1.54) is 0 Å². The SMILES string of the molecule is O[C@H](COCc1ccccc1)[C@@H]1C/C=C\CCC[C@H](COCc2ccccc2)O1. The van der Waals surface area contributed by atoms with E-state index in [0.717, 1.165) is 30.4 Å². The second kappa shape index (κ2) is 12.6. The zero-order chi connectivity index (χ0) is 20.2. The van der Waals surface area contributed by atoms with Crippen LogP contribution in [0.5, 0.6) is 0 Å². The third kappa shape index (κ3) is 8.11. The average molecular weight is 397 g/mol. The Labute approximate surface area is 174 Å². The van der Waals surface area contributed by atoms with Gasteiger partial charge in [0.1, 0.15) is 6.10 Å². The predicted octanol–water partition coefficient (Wildman–Crippen LogP) is 4.66. The highest BCUT2D eigenvalue weighted by atomic mass is 16.5. The van der Waals surface area contributed by atoms with Crippen molar-refractivity contribution >= 4 is 0 Å². The van der Waals surface area contributed by atoms with Crippen molar-refractivity contribution in [1.29, 1.82) is 0 Å². The molecule has 0 unspecified atom stereocenters. The number of rotatable bonds is 9. The summed E-state index contributed by atoms with van der Waals surface area (Å²) in [7, 11) is 0. The molecule has 2 aromatic carbocycles. The van der Waals surface area contributed by atoms with Gasteiger partial charge in [0.25, 0.3) is 0 Å². The van der Waals surface area contributed by atoms with Crippen molar-refractivity contribution < 1.29 is 19.3 Å². The van der Waals surface area contributed by atoms with Crippen LogP contribution in [0.15, 0.2) is 72.8 Å². The number of aliphatic hydroxyl groups is 1. The maximum absolute atomic E-state index is 10.7. The highest BCUT2D eigenvalue weighted by Gasteiger charge is 2.24. The third-order valence-electron chi connectivity index (χ3n) is 5.04. The third-order valence-corrected chi connectivity index (χ3v) is 5.04. The van der Waals surface area contributed by atoms with Crippen molar-refractivity contribution in [2.75, 3.05) is 13.2 Å². The van der Waals surface area contributed by atoms with Crippen LogP contribution in [0.1, 0.15) is 36.8 Å².